The highest BCUT2D eigenvalue weighted by molar-refractivity contribution is 5.69. The van der Waals surface area contributed by atoms with Gasteiger partial charge in [-0.25, -0.2) is 4.98 Å². The van der Waals surface area contributed by atoms with Crippen molar-refractivity contribution in [3.63, 3.8) is 0 Å². The van der Waals surface area contributed by atoms with E-state index in [2.05, 4.69) is 14.5 Å². The van der Waals surface area contributed by atoms with Gasteiger partial charge in [0.15, 0.2) is 0 Å². The van der Waals surface area contributed by atoms with Crippen molar-refractivity contribution in [3.8, 4) is 0 Å². The summed E-state index contributed by atoms with van der Waals surface area (Å²) in [5, 5.41) is 8.69. The zero-order valence-corrected chi connectivity index (χ0v) is 9.83. The maximum Gasteiger partial charge on any atom is 0.317 e. The molecular weight excluding hydrogens is 220 g/mol. The average Bonchev–Trinajstić information content (AvgIpc) is 2.80. The molecule has 6 nitrogen and oxygen atoms in total. The maximum absolute atomic E-state index is 10.6. The van der Waals surface area contributed by atoms with Crippen molar-refractivity contribution in [2.75, 3.05) is 39.3 Å². The van der Waals surface area contributed by atoms with E-state index in [1.54, 1.807) is 6.20 Å². The Morgan fingerprint density at radius 2 is 1.88 bits per heavy atom. The smallest absolute Gasteiger partial charge is 0.317 e. The Morgan fingerprint density at radius 3 is 2.47 bits per heavy atom. The quantitative estimate of drug-likeness (QED) is 0.755. The normalized spacial score (nSPS) is 18.4. The van der Waals surface area contributed by atoms with E-state index in [9.17, 15) is 4.79 Å². The summed E-state index contributed by atoms with van der Waals surface area (Å²) in [5.74, 6) is -0.739. The molecule has 1 aliphatic heterocycles. The van der Waals surface area contributed by atoms with Crippen LogP contribution < -0.4 is 0 Å². The molecule has 17 heavy (non-hydrogen) atoms. The molecule has 2 rings (SSSR count). The third-order valence-electron chi connectivity index (χ3n) is 3.06. The first kappa shape index (κ1) is 12.1. The number of piperazine rings is 1. The molecule has 0 aromatic carbocycles. The Kier molecular flexibility index (Phi) is 4.11. The van der Waals surface area contributed by atoms with Crippen molar-refractivity contribution in [1.29, 1.82) is 0 Å². The van der Waals surface area contributed by atoms with Crippen LogP contribution in [-0.2, 0) is 11.3 Å². The van der Waals surface area contributed by atoms with Gasteiger partial charge in [0.05, 0.1) is 12.9 Å². The summed E-state index contributed by atoms with van der Waals surface area (Å²) in [6, 6.07) is 0. The van der Waals surface area contributed by atoms with Gasteiger partial charge in [-0.1, -0.05) is 0 Å². The summed E-state index contributed by atoms with van der Waals surface area (Å²) < 4.78 is 2.06. The Bertz CT molecular complexity index is 344. The highest BCUT2D eigenvalue weighted by Crippen LogP contribution is 2.01. The second-order valence-electron chi connectivity index (χ2n) is 4.31. The number of carboxylic acids is 1. The van der Waals surface area contributed by atoms with E-state index in [4.69, 9.17) is 5.11 Å². The van der Waals surface area contributed by atoms with Crippen molar-refractivity contribution in [2.24, 2.45) is 0 Å². The first-order valence-electron chi connectivity index (χ1n) is 5.86. The molecule has 0 saturated carbocycles. The highest BCUT2D eigenvalue weighted by Gasteiger charge is 2.17. The standard InChI is InChI=1S/C11H18N4O2/c16-11(17)9-14-6-3-13(4-7-14)5-8-15-2-1-12-10-15/h1-2,10H,3-9H2,(H,16,17). The predicted molar refractivity (Wildman–Crippen MR) is 62.7 cm³/mol. The van der Waals surface area contributed by atoms with Gasteiger partial charge < -0.3 is 9.67 Å². The molecule has 0 spiro atoms. The van der Waals surface area contributed by atoms with Crippen LogP contribution in [0.5, 0.6) is 0 Å². The molecule has 0 unspecified atom stereocenters. The van der Waals surface area contributed by atoms with E-state index in [1.807, 2.05) is 17.4 Å². The molecule has 1 aliphatic rings. The predicted octanol–water partition coefficient (Wildman–Crippen LogP) is -0.415. The second-order valence-corrected chi connectivity index (χ2v) is 4.31. The van der Waals surface area contributed by atoms with Crippen LogP contribution in [0.1, 0.15) is 0 Å². The minimum atomic E-state index is -0.739. The molecule has 6 heteroatoms. The van der Waals surface area contributed by atoms with Gasteiger partial charge in [0.2, 0.25) is 0 Å². The molecule has 0 radical (unpaired) electrons. The van der Waals surface area contributed by atoms with Crippen molar-refractivity contribution in [1.82, 2.24) is 19.4 Å². The van der Waals surface area contributed by atoms with Crippen LogP contribution in [-0.4, -0.2) is 69.7 Å². The van der Waals surface area contributed by atoms with E-state index in [1.165, 1.54) is 0 Å². The molecule has 1 N–H and O–H groups in total. The van der Waals surface area contributed by atoms with Gasteiger partial charge in [0.25, 0.3) is 0 Å². The summed E-state index contributed by atoms with van der Waals surface area (Å²) in [4.78, 5) is 18.9. The fourth-order valence-corrected chi connectivity index (χ4v) is 2.04. The van der Waals surface area contributed by atoms with Crippen LogP contribution in [0.15, 0.2) is 18.7 Å². The fourth-order valence-electron chi connectivity index (χ4n) is 2.04. The van der Waals surface area contributed by atoms with Crippen LogP contribution in [0.2, 0.25) is 0 Å². The first-order valence-corrected chi connectivity index (χ1v) is 5.86. The van der Waals surface area contributed by atoms with Crippen LogP contribution in [0.25, 0.3) is 0 Å². The van der Waals surface area contributed by atoms with E-state index >= 15 is 0 Å². The first-order chi connectivity index (χ1) is 8.24. The number of carbonyl (C=O) groups is 1. The average molecular weight is 238 g/mol. The number of hydrogen-bond acceptors (Lipinski definition) is 4. The van der Waals surface area contributed by atoms with Crippen molar-refractivity contribution < 1.29 is 9.90 Å². The Morgan fingerprint density at radius 1 is 1.18 bits per heavy atom. The number of hydrogen-bond donors (Lipinski definition) is 1. The largest absolute Gasteiger partial charge is 0.480 e. The van der Waals surface area contributed by atoms with Gasteiger partial charge >= 0.3 is 5.97 Å². The van der Waals surface area contributed by atoms with Gasteiger partial charge in [-0.05, 0) is 0 Å². The summed E-state index contributed by atoms with van der Waals surface area (Å²) >= 11 is 0. The summed E-state index contributed by atoms with van der Waals surface area (Å²) in [6.07, 6.45) is 5.56. The topological polar surface area (TPSA) is 61.6 Å². The minimum absolute atomic E-state index is 0.162. The van der Waals surface area contributed by atoms with Gasteiger partial charge in [-0.2, -0.15) is 0 Å². The van der Waals surface area contributed by atoms with Gasteiger partial charge in [-0.3, -0.25) is 14.6 Å². The van der Waals surface area contributed by atoms with Gasteiger partial charge in [0, 0.05) is 51.7 Å². The summed E-state index contributed by atoms with van der Waals surface area (Å²) in [6.45, 7) is 5.68. The van der Waals surface area contributed by atoms with Gasteiger partial charge in [-0.15, -0.1) is 0 Å². The maximum atomic E-state index is 10.6. The minimum Gasteiger partial charge on any atom is -0.480 e. The van der Waals surface area contributed by atoms with Crippen LogP contribution >= 0.6 is 0 Å². The van der Waals surface area contributed by atoms with Crippen molar-refractivity contribution >= 4 is 5.97 Å². The van der Waals surface area contributed by atoms with E-state index in [0.29, 0.717) is 0 Å². The molecule has 1 saturated heterocycles. The summed E-state index contributed by atoms with van der Waals surface area (Å²) in [7, 11) is 0. The van der Waals surface area contributed by atoms with Crippen LogP contribution in [0, 0.1) is 0 Å². The zero-order valence-electron chi connectivity index (χ0n) is 9.83. The van der Waals surface area contributed by atoms with Crippen molar-refractivity contribution in [2.45, 2.75) is 6.54 Å². The zero-order chi connectivity index (χ0) is 12.1. The molecule has 1 fully saturated rings. The fraction of sp³-hybridized carbons (Fsp3) is 0.636. The van der Waals surface area contributed by atoms with E-state index in [-0.39, 0.29) is 6.54 Å². The second kappa shape index (κ2) is 5.79. The number of carboxylic acid groups (broad SMARTS) is 1. The van der Waals surface area contributed by atoms with Crippen molar-refractivity contribution in [3.05, 3.63) is 18.7 Å². The lowest BCUT2D eigenvalue weighted by molar-refractivity contribution is -0.138. The van der Waals surface area contributed by atoms with Gasteiger partial charge in [0.1, 0.15) is 0 Å². The monoisotopic (exact) mass is 238 g/mol. The third-order valence-corrected chi connectivity index (χ3v) is 3.06. The lowest BCUT2D eigenvalue weighted by Gasteiger charge is -2.33. The SMILES string of the molecule is O=C(O)CN1CCN(CCn2ccnc2)CC1. The molecule has 1 aromatic rings. The number of aromatic nitrogens is 2. The lowest BCUT2D eigenvalue weighted by atomic mass is 10.3. The molecule has 0 aliphatic carbocycles. The number of nitrogens with zero attached hydrogens (tertiary/aromatic N) is 4. The van der Waals surface area contributed by atoms with E-state index < -0.39 is 5.97 Å². The Balaban J connectivity index is 1.67. The summed E-state index contributed by atoms with van der Waals surface area (Å²) in [5.41, 5.74) is 0. The lowest BCUT2D eigenvalue weighted by Crippen LogP contribution is -2.48. The number of aliphatic carboxylic acids is 1. The molecule has 2 heterocycles. The van der Waals surface area contributed by atoms with Crippen LogP contribution in [0.4, 0.5) is 0 Å². The Labute approximate surface area is 100 Å². The molecule has 1 aromatic heterocycles. The molecule has 0 amide bonds. The molecular formula is C11H18N4O2. The molecule has 0 atom stereocenters. The Hall–Kier alpha value is -1.40. The highest BCUT2D eigenvalue weighted by atomic mass is 16.4. The number of rotatable bonds is 5. The molecule has 0 bridgehead atoms. The van der Waals surface area contributed by atoms with Crippen LogP contribution in [0.3, 0.4) is 0 Å². The van der Waals surface area contributed by atoms with E-state index in [0.717, 1.165) is 39.3 Å². The molecule has 94 valence electrons. The number of imidazole rings is 1. The third kappa shape index (κ3) is 3.83.